The van der Waals surface area contributed by atoms with Crippen molar-refractivity contribution in [2.45, 2.75) is 64.5 Å². The molecule has 0 heterocycles. The highest BCUT2D eigenvalue weighted by Crippen LogP contribution is 2.17. The molecule has 116 valence electrons. The van der Waals surface area contributed by atoms with Crippen molar-refractivity contribution in [1.82, 2.24) is 10.6 Å². The molecule has 1 saturated carbocycles. The van der Waals surface area contributed by atoms with Crippen LogP contribution in [-0.4, -0.2) is 18.5 Å². The summed E-state index contributed by atoms with van der Waals surface area (Å²) in [6.07, 6.45) is 7.40. The second kappa shape index (κ2) is 8.18. The molecule has 1 atom stereocenters. The smallest absolute Gasteiger partial charge is 0.234 e. The number of benzene rings is 1. The van der Waals surface area contributed by atoms with Gasteiger partial charge in [-0.05, 0) is 32.3 Å². The van der Waals surface area contributed by atoms with Crippen LogP contribution in [0, 0.1) is 6.92 Å². The number of hydrogen-bond acceptors (Lipinski definition) is 2. The molecule has 1 aromatic carbocycles. The molecule has 1 fully saturated rings. The summed E-state index contributed by atoms with van der Waals surface area (Å²) in [5, 5.41) is 6.48. The van der Waals surface area contributed by atoms with Crippen LogP contribution in [0.2, 0.25) is 0 Å². The van der Waals surface area contributed by atoms with Crippen LogP contribution in [0.25, 0.3) is 0 Å². The molecule has 2 N–H and O–H groups in total. The van der Waals surface area contributed by atoms with E-state index in [9.17, 15) is 4.79 Å². The van der Waals surface area contributed by atoms with Gasteiger partial charge in [0.2, 0.25) is 5.91 Å². The summed E-state index contributed by atoms with van der Waals surface area (Å²) < 4.78 is 0. The van der Waals surface area contributed by atoms with E-state index in [0.29, 0.717) is 12.6 Å². The quantitative estimate of drug-likeness (QED) is 0.814. The van der Waals surface area contributed by atoms with E-state index in [0.717, 1.165) is 12.8 Å². The maximum absolute atomic E-state index is 12.0. The van der Waals surface area contributed by atoms with E-state index in [2.05, 4.69) is 48.7 Å². The summed E-state index contributed by atoms with van der Waals surface area (Å²) >= 11 is 0. The average Bonchev–Trinajstić information content (AvgIpc) is 2.74. The second-order valence-electron chi connectivity index (χ2n) is 6.27. The number of nitrogens with one attached hydrogen (secondary N) is 2. The second-order valence-corrected chi connectivity index (χ2v) is 6.27. The van der Waals surface area contributed by atoms with E-state index >= 15 is 0 Å². The number of rotatable bonds is 5. The van der Waals surface area contributed by atoms with Crippen LogP contribution >= 0.6 is 0 Å². The van der Waals surface area contributed by atoms with Gasteiger partial charge in [0.25, 0.3) is 0 Å². The molecular formula is C18H28N2O. The monoisotopic (exact) mass is 288 g/mol. The number of carbonyl (C=O) groups excluding carboxylic acids is 1. The molecule has 0 aromatic heterocycles. The standard InChI is InChI=1S/C18H28N2O/c1-14-9-11-16(12-10-14)15(2)19-13-18(21)20-17-7-5-3-4-6-8-17/h9-12,15,17,19H,3-8,13H2,1-2H3,(H,20,21)/t15-/m0/s1. The van der Waals surface area contributed by atoms with Crippen LogP contribution in [0.1, 0.15) is 62.6 Å². The Kier molecular flexibility index (Phi) is 6.24. The number of carbonyl (C=O) groups is 1. The first-order valence-electron chi connectivity index (χ1n) is 8.24. The van der Waals surface area contributed by atoms with Crippen molar-refractivity contribution in [2.75, 3.05) is 6.54 Å². The molecule has 1 aromatic rings. The predicted molar refractivity (Wildman–Crippen MR) is 87.2 cm³/mol. The molecule has 3 heteroatoms. The Morgan fingerprint density at radius 1 is 1.14 bits per heavy atom. The van der Waals surface area contributed by atoms with E-state index in [1.54, 1.807) is 0 Å². The maximum Gasteiger partial charge on any atom is 0.234 e. The lowest BCUT2D eigenvalue weighted by Gasteiger charge is -2.18. The SMILES string of the molecule is Cc1ccc([C@H](C)NCC(=O)NC2CCCCCC2)cc1. The van der Waals surface area contributed by atoms with Crippen molar-refractivity contribution in [3.63, 3.8) is 0 Å². The van der Waals surface area contributed by atoms with Crippen LogP contribution < -0.4 is 10.6 Å². The summed E-state index contributed by atoms with van der Waals surface area (Å²) in [6, 6.07) is 9.05. The van der Waals surface area contributed by atoms with E-state index in [-0.39, 0.29) is 11.9 Å². The Morgan fingerprint density at radius 2 is 1.76 bits per heavy atom. The van der Waals surface area contributed by atoms with Gasteiger partial charge in [0.1, 0.15) is 0 Å². The molecule has 0 saturated heterocycles. The van der Waals surface area contributed by atoms with Gasteiger partial charge in [-0.2, -0.15) is 0 Å². The van der Waals surface area contributed by atoms with Gasteiger partial charge in [0, 0.05) is 12.1 Å². The van der Waals surface area contributed by atoms with Crippen LogP contribution in [0.5, 0.6) is 0 Å². The fourth-order valence-corrected chi connectivity index (χ4v) is 2.92. The van der Waals surface area contributed by atoms with Crippen molar-refractivity contribution in [3.05, 3.63) is 35.4 Å². The fourth-order valence-electron chi connectivity index (χ4n) is 2.92. The summed E-state index contributed by atoms with van der Waals surface area (Å²) in [5.74, 6) is 0.126. The average molecular weight is 288 g/mol. The third-order valence-electron chi connectivity index (χ3n) is 4.37. The highest BCUT2D eigenvalue weighted by molar-refractivity contribution is 5.78. The molecule has 0 unspecified atom stereocenters. The first-order chi connectivity index (χ1) is 10.1. The fraction of sp³-hybridized carbons (Fsp3) is 0.611. The first-order valence-corrected chi connectivity index (χ1v) is 8.24. The highest BCUT2D eigenvalue weighted by Gasteiger charge is 2.15. The lowest BCUT2D eigenvalue weighted by atomic mass is 10.1. The minimum absolute atomic E-state index is 0.126. The highest BCUT2D eigenvalue weighted by atomic mass is 16.1. The lowest BCUT2D eigenvalue weighted by molar-refractivity contribution is -0.121. The zero-order valence-electron chi connectivity index (χ0n) is 13.3. The van der Waals surface area contributed by atoms with Gasteiger partial charge in [-0.25, -0.2) is 0 Å². The van der Waals surface area contributed by atoms with E-state index < -0.39 is 0 Å². The van der Waals surface area contributed by atoms with E-state index in [4.69, 9.17) is 0 Å². The van der Waals surface area contributed by atoms with Gasteiger partial charge in [0.05, 0.1) is 6.54 Å². The molecule has 1 aliphatic rings. The largest absolute Gasteiger partial charge is 0.352 e. The van der Waals surface area contributed by atoms with Crippen molar-refractivity contribution in [2.24, 2.45) is 0 Å². The summed E-state index contributed by atoms with van der Waals surface area (Å²) in [7, 11) is 0. The minimum Gasteiger partial charge on any atom is -0.352 e. The van der Waals surface area contributed by atoms with Crippen molar-refractivity contribution < 1.29 is 4.79 Å². The van der Waals surface area contributed by atoms with E-state index in [1.165, 1.54) is 36.8 Å². The Balaban J connectivity index is 1.73. The summed E-state index contributed by atoms with van der Waals surface area (Å²) in [4.78, 5) is 12.0. The van der Waals surface area contributed by atoms with Gasteiger partial charge in [0.15, 0.2) is 0 Å². The zero-order chi connectivity index (χ0) is 15.1. The van der Waals surface area contributed by atoms with Crippen LogP contribution in [0.4, 0.5) is 0 Å². The van der Waals surface area contributed by atoms with Gasteiger partial charge in [-0.15, -0.1) is 0 Å². The van der Waals surface area contributed by atoms with E-state index in [1.807, 2.05) is 0 Å². The van der Waals surface area contributed by atoms with Gasteiger partial charge < -0.3 is 10.6 Å². The Labute approximate surface area is 128 Å². The molecule has 2 rings (SSSR count). The Morgan fingerprint density at radius 3 is 2.38 bits per heavy atom. The molecule has 3 nitrogen and oxygen atoms in total. The molecule has 0 spiro atoms. The van der Waals surface area contributed by atoms with Crippen molar-refractivity contribution >= 4 is 5.91 Å². The molecule has 0 radical (unpaired) electrons. The van der Waals surface area contributed by atoms with Crippen LogP contribution in [0.3, 0.4) is 0 Å². The lowest BCUT2D eigenvalue weighted by Crippen LogP contribution is -2.40. The van der Waals surface area contributed by atoms with Crippen LogP contribution in [0.15, 0.2) is 24.3 Å². The third kappa shape index (κ3) is 5.50. The maximum atomic E-state index is 12.0. The molecule has 1 amide bonds. The number of hydrogen-bond donors (Lipinski definition) is 2. The van der Waals surface area contributed by atoms with Gasteiger partial charge in [-0.3, -0.25) is 4.79 Å². The topological polar surface area (TPSA) is 41.1 Å². The molecule has 0 bridgehead atoms. The van der Waals surface area contributed by atoms with Gasteiger partial charge in [-0.1, -0.05) is 55.5 Å². The Hall–Kier alpha value is -1.35. The van der Waals surface area contributed by atoms with Crippen molar-refractivity contribution in [3.8, 4) is 0 Å². The molecule has 1 aliphatic carbocycles. The predicted octanol–water partition coefficient (Wildman–Crippen LogP) is 3.48. The molecular weight excluding hydrogens is 260 g/mol. The van der Waals surface area contributed by atoms with Crippen molar-refractivity contribution in [1.29, 1.82) is 0 Å². The molecule has 0 aliphatic heterocycles. The van der Waals surface area contributed by atoms with Gasteiger partial charge >= 0.3 is 0 Å². The minimum atomic E-state index is 0.126. The normalized spacial score (nSPS) is 18.0. The number of amides is 1. The third-order valence-corrected chi connectivity index (χ3v) is 4.37. The summed E-state index contributed by atoms with van der Waals surface area (Å²) in [5.41, 5.74) is 2.49. The first kappa shape index (κ1) is 16.0. The number of aryl methyl sites for hydroxylation is 1. The summed E-state index contributed by atoms with van der Waals surface area (Å²) in [6.45, 7) is 4.58. The Bertz CT molecular complexity index is 433. The molecule has 21 heavy (non-hydrogen) atoms. The van der Waals surface area contributed by atoms with Crippen LogP contribution in [-0.2, 0) is 4.79 Å². The zero-order valence-corrected chi connectivity index (χ0v) is 13.3.